The molecule has 1 aliphatic rings. The molecule has 122 valence electrons. The molecule has 6 heteroatoms. The van der Waals surface area contributed by atoms with E-state index in [0.29, 0.717) is 6.54 Å². The smallest absolute Gasteiger partial charge is 0.410 e. The molecular formula is C16H25N3O2S. The van der Waals surface area contributed by atoms with Crippen LogP contribution in [0.15, 0.2) is 17.2 Å². The van der Waals surface area contributed by atoms with Crippen LogP contribution in [0.3, 0.4) is 0 Å². The van der Waals surface area contributed by atoms with Crippen molar-refractivity contribution < 1.29 is 9.53 Å². The predicted molar refractivity (Wildman–Crippen MR) is 89.1 cm³/mol. The summed E-state index contributed by atoms with van der Waals surface area (Å²) in [5, 5.41) is 3.45. The number of aromatic nitrogens is 1. The van der Waals surface area contributed by atoms with Gasteiger partial charge in [0.2, 0.25) is 0 Å². The molecule has 22 heavy (non-hydrogen) atoms. The molecule has 0 bridgehead atoms. The third-order valence-electron chi connectivity index (χ3n) is 3.44. The summed E-state index contributed by atoms with van der Waals surface area (Å²) in [7, 11) is 0. The van der Waals surface area contributed by atoms with Crippen LogP contribution in [-0.4, -0.2) is 41.2 Å². The fourth-order valence-electron chi connectivity index (χ4n) is 2.20. The molecule has 0 aromatic carbocycles. The van der Waals surface area contributed by atoms with E-state index in [9.17, 15) is 4.79 Å². The quantitative estimate of drug-likeness (QED) is 0.865. The zero-order valence-corrected chi connectivity index (χ0v) is 14.6. The second kappa shape index (κ2) is 7.24. The van der Waals surface area contributed by atoms with Crippen molar-refractivity contribution in [1.82, 2.24) is 15.2 Å². The fraction of sp³-hybridized carbons (Fsp3) is 0.625. The number of carbonyl (C=O) groups is 1. The summed E-state index contributed by atoms with van der Waals surface area (Å²) in [6.45, 7) is 10.8. The number of ether oxygens (including phenoxy) is 1. The van der Waals surface area contributed by atoms with E-state index in [1.165, 1.54) is 10.5 Å². The monoisotopic (exact) mass is 323 g/mol. The summed E-state index contributed by atoms with van der Waals surface area (Å²) in [5.41, 5.74) is 3.90. The van der Waals surface area contributed by atoms with Gasteiger partial charge in [-0.05, 0) is 34.1 Å². The normalized spacial score (nSPS) is 15.6. The van der Waals surface area contributed by atoms with Crippen molar-refractivity contribution in [2.75, 3.05) is 19.6 Å². The van der Waals surface area contributed by atoms with Crippen LogP contribution in [0.4, 0.5) is 4.79 Å². The highest BCUT2D eigenvalue weighted by Gasteiger charge is 2.23. The Hall–Kier alpha value is -1.40. The lowest BCUT2D eigenvalue weighted by Gasteiger charge is -2.29. The summed E-state index contributed by atoms with van der Waals surface area (Å²) in [4.78, 5) is 19.3. The van der Waals surface area contributed by atoms with Gasteiger partial charge in [-0.3, -0.25) is 0 Å². The number of amides is 1. The van der Waals surface area contributed by atoms with Crippen molar-refractivity contribution in [3.05, 3.63) is 27.7 Å². The summed E-state index contributed by atoms with van der Waals surface area (Å²) in [6.07, 6.45) is 2.80. The molecule has 1 aromatic heterocycles. The topological polar surface area (TPSA) is 54.5 Å². The van der Waals surface area contributed by atoms with Crippen molar-refractivity contribution in [2.45, 2.75) is 46.3 Å². The van der Waals surface area contributed by atoms with Crippen molar-refractivity contribution in [3.63, 3.8) is 0 Å². The highest BCUT2D eigenvalue weighted by atomic mass is 32.1. The first-order chi connectivity index (χ1) is 10.3. The fourth-order valence-corrected chi connectivity index (χ4v) is 2.94. The largest absolute Gasteiger partial charge is 0.444 e. The molecule has 0 atom stereocenters. The Bertz CT molecular complexity index is 546. The number of nitrogens with zero attached hydrogens (tertiary/aromatic N) is 2. The van der Waals surface area contributed by atoms with Gasteiger partial charge in [-0.25, -0.2) is 9.78 Å². The van der Waals surface area contributed by atoms with E-state index in [1.807, 2.05) is 33.2 Å². The van der Waals surface area contributed by atoms with E-state index in [2.05, 4.69) is 16.4 Å². The zero-order valence-electron chi connectivity index (χ0n) is 13.8. The molecule has 2 heterocycles. The van der Waals surface area contributed by atoms with Gasteiger partial charge in [-0.1, -0.05) is 11.6 Å². The van der Waals surface area contributed by atoms with Crippen LogP contribution in [0.1, 0.15) is 37.8 Å². The van der Waals surface area contributed by atoms with Crippen LogP contribution in [-0.2, 0) is 11.3 Å². The third kappa shape index (κ3) is 5.10. The lowest BCUT2D eigenvalue weighted by atomic mass is 10.1. The maximum Gasteiger partial charge on any atom is 0.410 e. The van der Waals surface area contributed by atoms with Crippen LogP contribution < -0.4 is 5.32 Å². The first-order valence-electron chi connectivity index (χ1n) is 7.60. The Morgan fingerprint density at radius 3 is 2.77 bits per heavy atom. The molecule has 5 nitrogen and oxygen atoms in total. The number of carbonyl (C=O) groups excluding carboxylic acids is 1. The minimum atomic E-state index is -0.435. The second-order valence-corrected chi connectivity index (χ2v) is 7.44. The molecule has 0 radical (unpaired) electrons. The van der Waals surface area contributed by atoms with Crippen molar-refractivity contribution in [3.8, 4) is 0 Å². The van der Waals surface area contributed by atoms with Gasteiger partial charge in [0.15, 0.2) is 0 Å². The molecule has 0 unspecified atom stereocenters. The average Bonchev–Trinajstić information content (AvgIpc) is 2.83. The van der Waals surface area contributed by atoms with E-state index < -0.39 is 5.60 Å². The standard InChI is InChI=1S/C16H25N3O2S/c1-12-14(22-11-18-12)10-17-9-13-5-7-19(8-6-13)15(20)21-16(2,3)4/h5,11,17H,6-10H2,1-4H3. The van der Waals surface area contributed by atoms with Gasteiger partial charge in [-0.2, -0.15) is 0 Å². The molecule has 1 aromatic rings. The minimum Gasteiger partial charge on any atom is -0.444 e. The van der Waals surface area contributed by atoms with Gasteiger partial charge < -0.3 is 15.0 Å². The molecule has 0 saturated heterocycles. The van der Waals surface area contributed by atoms with E-state index in [4.69, 9.17) is 4.74 Å². The number of rotatable bonds is 4. The lowest BCUT2D eigenvalue weighted by Crippen LogP contribution is -2.39. The van der Waals surface area contributed by atoms with Gasteiger partial charge in [-0.15, -0.1) is 11.3 Å². The number of hydrogen-bond acceptors (Lipinski definition) is 5. The molecule has 2 rings (SSSR count). The lowest BCUT2D eigenvalue weighted by molar-refractivity contribution is 0.0265. The maximum atomic E-state index is 12.0. The van der Waals surface area contributed by atoms with Crippen molar-refractivity contribution >= 4 is 17.4 Å². The molecule has 0 spiro atoms. The van der Waals surface area contributed by atoms with Crippen LogP contribution >= 0.6 is 11.3 Å². The Labute approximate surface area is 136 Å². The molecule has 0 saturated carbocycles. The SMILES string of the molecule is Cc1ncsc1CNCC1=CCN(C(=O)OC(C)(C)C)CC1. The Balaban J connectivity index is 1.75. The number of hydrogen-bond donors (Lipinski definition) is 1. The number of thiazole rings is 1. The van der Waals surface area contributed by atoms with Crippen molar-refractivity contribution in [1.29, 1.82) is 0 Å². The Morgan fingerprint density at radius 2 is 2.23 bits per heavy atom. The maximum absolute atomic E-state index is 12.0. The van der Waals surface area contributed by atoms with Crippen molar-refractivity contribution in [2.24, 2.45) is 0 Å². The summed E-state index contributed by atoms with van der Waals surface area (Å²) >= 11 is 1.68. The number of nitrogens with one attached hydrogen (secondary N) is 1. The molecule has 0 fully saturated rings. The predicted octanol–water partition coefficient (Wildman–Crippen LogP) is 3.11. The van der Waals surface area contributed by atoms with E-state index >= 15 is 0 Å². The summed E-state index contributed by atoms with van der Waals surface area (Å²) in [6, 6.07) is 0. The Kier molecular flexibility index (Phi) is 5.58. The van der Waals surface area contributed by atoms with Crippen LogP contribution in [0, 0.1) is 6.92 Å². The second-order valence-electron chi connectivity index (χ2n) is 6.50. The van der Waals surface area contributed by atoms with Gasteiger partial charge in [0.05, 0.1) is 11.2 Å². The zero-order chi connectivity index (χ0) is 16.2. The Morgan fingerprint density at radius 1 is 1.45 bits per heavy atom. The molecule has 1 amide bonds. The van der Waals surface area contributed by atoms with E-state index in [-0.39, 0.29) is 6.09 Å². The number of aryl methyl sites for hydroxylation is 1. The van der Waals surface area contributed by atoms with Crippen LogP contribution in [0.2, 0.25) is 0 Å². The molecule has 0 aliphatic carbocycles. The highest BCUT2D eigenvalue weighted by Crippen LogP contribution is 2.16. The third-order valence-corrected chi connectivity index (χ3v) is 4.37. The minimum absolute atomic E-state index is 0.226. The van der Waals surface area contributed by atoms with Gasteiger partial charge >= 0.3 is 6.09 Å². The molecule has 1 N–H and O–H groups in total. The summed E-state index contributed by atoms with van der Waals surface area (Å²) < 4.78 is 5.39. The first-order valence-corrected chi connectivity index (χ1v) is 8.48. The van der Waals surface area contributed by atoms with Gasteiger partial charge in [0.1, 0.15) is 5.60 Å². The first kappa shape index (κ1) is 17.0. The highest BCUT2D eigenvalue weighted by molar-refractivity contribution is 7.09. The van der Waals surface area contributed by atoms with Gasteiger partial charge in [0.25, 0.3) is 0 Å². The van der Waals surface area contributed by atoms with Gasteiger partial charge in [0, 0.05) is 31.1 Å². The molecule has 1 aliphatic heterocycles. The summed E-state index contributed by atoms with van der Waals surface area (Å²) in [5.74, 6) is 0. The van der Waals surface area contributed by atoms with E-state index in [1.54, 1.807) is 16.2 Å². The van der Waals surface area contributed by atoms with Crippen LogP contribution in [0.5, 0.6) is 0 Å². The molecular weight excluding hydrogens is 298 g/mol. The average molecular weight is 323 g/mol. The van der Waals surface area contributed by atoms with Crippen LogP contribution in [0.25, 0.3) is 0 Å². The van der Waals surface area contributed by atoms with E-state index in [0.717, 1.165) is 31.7 Å².